The number of aryl methyl sites for hydroxylation is 3. The highest BCUT2D eigenvalue weighted by molar-refractivity contribution is 9.10. The van der Waals surface area contributed by atoms with E-state index in [0.29, 0.717) is 10.0 Å². The summed E-state index contributed by atoms with van der Waals surface area (Å²) < 4.78 is 2.43. The third-order valence-electron chi connectivity index (χ3n) is 2.70. The lowest BCUT2D eigenvalue weighted by Crippen LogP contribution is -2.02. The molecule has 0 aliphatic heterocycles. The quantitative estimate of drug-likeness (QED) is 0.630. The van der Waals surface area contributed by atoms with Gasteiger partial charge in [0, 0.05) is 17.3 Å². The summed E-state index contributed by atoms with van der Waals surface area (Å²) in [5, 5.41) is 15.2. The SMILES string of the molecule is Cc1cc(C)n(-c2cc(C)c([N+](=O)[O-])cc2Br)n1. The van der Waals surface area contributed by atoms with Crippen molar-refractivity contribution in [3.63, 3.8) is 0 Å². The molecule has 2 rings (SSSR count). The Morgan fingerprint density at radius 1 is 1.28 bits per heavy atom. The Morgan fingerprint density at radius 2 is 1.94 bits per heavy atom. The Morgan fingerprint density at radius 3 is 2.44 bits per heavy atom. The fourth-order valence-electron chi connectivity index (χ4n) is 1.89. The number of rotatable bonds is 2. The van der Waals surface area contributed by atoms with Crippen molar-refractivity contribution >= 4 is 21.6 Å². The summed E-state index contributed by atoms with van der Waals surface area (Å²) in [7, 11) is 0. The van der Waals surface area contributed by atoms with Gasteiger partial charge in [-0.05, 0) is 48.8 Å². The highest BCUT2D eigenvalue weighted by Crippen LogP contribution is 2.30. The summed E-state index contributed by atoms with van der Waals surface area (Å²) in [5.41, 5.74) is 3.43. The molecular formula is C12H12BrN3O2. The molecule has 18 heavy (non-hydrogen) atoms. The van der Waals surface area contributed by atoms with Gasteiger partial charge in [-0.3, -0.25) is 10.1 Å². The van der Waals surface area contributed by atoms with E-state index in [1.54, 1.807) is 17.7 Å². The van der Waals surface area contributed by atoms with Crippen LogP contribution in [0.3, 0.4) is 0 Å². The predicted octanol–water partition coefficient (Wildman–Crippen LogP) is 3.47. The van der Waals surface area contributed by atoms with E-state index in [1.807, 2.05) is 19.9 Å². The molecule has 2 aromatic rings. The molecule has 94 valence electrons. The zero-order valence-electron chi connectivity index (χ0n) is 10.3. The number of aromatic nitrogens is 2. The summed E-state index contributed by atoms with van der Waals surface area (Å²) >= 11 is 3.36. The van der Waals surface area contributed by atoms with Crippen LogP contribution in [-0.2, 0) is 0 Å². The van der Waals surface area contributed by atoms with Crippen molar-refractivity contribution in [1.29, 1.82) is 0 Å². The second-order valence-corrected chi connectivity index (χ2v) is 5.04. The van der Waals surface area contributed by atoms with Gasteiger partial charge in [-0.15, -0.1) is 0 Å². The second-order valence-electron chi connectivity index (χ2n) is 4.19. The fourth-order valence-corrected chi connectivity index (χ4v) is 2.39. The average Bonchev–Trinajstić information content (AvgIpc) is 2.60. The summed E-state index contributed by atoms with van der Waals surface area (Å²) in [4.78, 5) is 10.5. The van der Waals surface area contributed by atoms with Gasteiger partial charge in [0.1, 0.15) is 0 Å². The first-order valence-corrected chi connectivity index (χ1v) is 6.17. The van der Waals surface area contributed by atoms with Gasteiger partial charge in [0.25, 0.3) is 5.69 Å². The maximum Gasteiger partial charge on any atom is 0.273 e. The molecule has 1 aromatic heterocycles. The van der Waals surface area contributed by atoms with E-state index in [-0.39, 0.29) is 10.6 Å². The summed E-state index contributed by atoms with van der Waals surface area (Å²) in [5.74, 6) is 0. The van der Waals surface area contributed by atoms with Gasteiger partial charge in [-0.1, -0.05) is 0 Å². The van der Waals surface area contributed by atoms with Gasteiger partial charge >= 0.3 is 0 Å². The number of hydrogen-bond donors (Lipinski definition) is 0. The lowest BCUT2D eigenvalue weighted by Gasteiger charge is -2.08. The molecule has 1 heterocycles. The number of halogens is 1. The molecule has 0 N–H and O–H groups in total. The molecule has 0 saturated carbocycles. The molecule has 0 bridgehead atoms. The molecule has 0 spiro atoms. The molecule has 0 amide bonds. The van der Waals surface area contributed by atoms with Crippen molar-refractivity contribution in [2.24, 2.45) is 0 Å². The van der Waals surface area contributed by atoms with Crippen molar-refractivity contribution in [1.82, 2.24) is 9.78 Å². The van der Waals surface area contributed by atoms with Crippen molar-refractivity contribution in [2.45, 2.75) is 20.8 Å². The average molecular weight is 310 g/mol. The Kier molecular flexibility index (Phi) is 3.21. The zero-order chi connectivity index (χ0) is 13.4. The van der Waals surface area contributed by atoms with Gasteiger partial charge in [0.2, 0.25) is 0 Å². The molecule has 6 heteroatoms. The molecule has 0 aliphatic rings. The zero-order valence-corrected chi connectivity index (χ0v) is 11.9. The van der Waals surface area contributed by atoms with Crippen molar-refractivity contribution < 1.29 is 4.92 Å². The van der Waals surface area contributed by atoms with E-state index in [0.717, 1.165) is 17.1 Å². The highest BCUT2D eigenvalue weighted by atomic mass is 79.9. The monoisotopic (exact) mass is 309 g/mol. The van der Waals surface area contributed by atoms with Crippen LogP contribution in [0.4, 0.5) is 5.69 Å². The van der Waals surface area contributed by atoms with Gasteiger partial charge < -0.3 is 0 Å². The standard InChI is InChI=1S/C12H12BrN3O2/c1-7-4-12(10(13)6-11(7)16(17)18)15-9(3)5-8(2)14-15/h4-6H,1-3H3. The fraction of sp³-hybridized carbons (Fsp3) is 0.250. The van der Waals surface area contributed by atoms with Crippen LogP contribution in [0.25, 0.3) is 5.69 Å². The van der Waals surface area contributed by atoms with Crippen LogP contribution in [0.1, 0.15) is 17.0 Å². The number of nitrogens with zero attached hydrogens (tertiary/aromatic N) is 3. The van der Waals surface area contributed by atoms with Crippen LogP contribution in [0.15, 0.2) is 22.7 Å². The molecule has 0 aliphatic carbocycles. The summed E-state index contributed by atoms with van der Waals surface area (Å²) in [6.45, 7) is 5.58. The first-order chi connectivity index (χ1) is 8.40. The maximum absolute atomic E-state index is 10.9. The van der Waals surface area contributed by atoms with Crippen LogP contribution in [0.5, 0.6) is 0 Å². The van der Waals surface area contributed by atoms with Gasteiger partial charge in [-0.25, -0.2) is 4.68 Å². The van der Waals surface area contributed by atoms with Crippen LogP contribution < -0.4 is 0 Å². The second kappa shape index (κ2) is 4.53. The van der Waals surface area contributed by atoms with Gasteiger partial charge in [0.15, 0.2) is 0 Å². The third kappa shape index (κ3) is 2.15. The third-order valence-corrected chi connectivity index (χ3v) is 3.34. The Hall–Kier alpha value is -1.69. The van der Waals surface area contributed by atoms with Crippen LogP contribution >= 0.6 is 15.9 Å². The van der Waals surface area contributed by atoms with E-state index in [1.165, 1.54) is 6.07 Å². The molecular weight excluding hydrogens is 298 g/mol. The van der Waals surface area contributed by atoms with Gasteiger partial charge in [-0.2, -0.15) is 5.10 Å². The summed E-state index contributed by atoms with van der Waals surface area (Å²) in [6.07, 6.45) is 0. The number of benzene rings is 1. The largest absolute Gasteiger partial charge is 0.273 e. The number of nitro benzene ring substituents is 1. The summed E-state index contributed by atoms with van der Waals surface area (Å²) in [6, 6.07) is 5.24. The maximum atomic E-state index is 10.9. The topological polar surface area (TPSA) is 61.0 Å². The molecule has 0 saturated heterocycles. The van der Waals surface area contributed by atoms with E-state index >= 15 is 0 Å². The smallest absolute Gasteiger partial charge is 0.258 e. The van der Waals surface area contributed by atoms with E-state index in [9.17, 15) is 10.1 Å². The van der Waals surface area contributed by atoms with Crippen LogP contribution in [0, 0.1) is 30.9 Å². The Labute approximate surface area is 113 Å². The first-order valence-electron chi connectivity index (χ1n) is 5.38. The lowest BCUT2D eigenvalue weighted by atomic mass is 10.2. The normalized spacial score (nSPS) is 10.7. The van der Waals surface area contributed by atoms with E-state index < -0.39 is 0 Å². The van der Waals surface area contributed by atoms with Crippen LogP contribution in [0.2, 0.25) is 0 Å². The Balaban J connectivity index is 2.63. The van der Waals surface area contributed by atoms with E-state index in [2.05, 4.69) is 21.0 Å². The molecule has 5 nitrogen and oxygen atoms in total. The van der Waals surface area contributed by atoms with Crippen molar-refractivity contribution in [3.05, 3.63) is 49.7 Å². The first kappa shape index (κ1) is 12.8. The predicted molar refractivity (Wildman–Crippen MR) is 72.1 cm³/mol. The molecule has 0 fully saturated rings. The number of nitro groups is 1. The van der Waals surface area contributed by atoms with Crippen molar-refractivity contribution in [2.75, 3.05) is 0 Å². The molecule has 0 unspecified atom stereocenters. The van der Waals surface area contributed by atoms with E-state index in [4.69, 9.17) is 0 Å². The van der Waals surface area contributed by atoms with Gasteiger partial charge in [0.05, 0.1) is 20.8 Å². The minimum absolute atomic E-state index is 0.104. The molecule has 1 aromatic carbocycles. The number of hydrogen-bond acceptors (Lipinski definition) is 3. The highest BCUT2D eigenvalue weighted by Gasteiger charge is 2.16. The van der Waals surface area contributed by atoms with Crippen LogP contribution in [-0.4, -0.2) is 14.7 Å². The lowest BCUT2D eigenvalue weighted by molar-refractivity contribution is -0.385. The minimum atomic E-state index is -0.384. The minimum Gasteiger partial charge on any atom is -0.258 e. The Bertz CT molecular complexity index is 634. The molecule has 0 atom stereocenters. The molecule has 0 radical (unpaired) electrons. The van der Waals surface area contributed by atoms with Crippen molar-refractivity contribution in [3.8, 4) is 5.69 Å².